The molecule has 0 amide bonds. The maximum atomic E-state index is 13.6. The van der Waals surface area contributed by atoms with Crippen LogP contribution in [0.1, 0.15) is 21.5 Å². The lowest BCUT2D eigenvalue weighted by Crippen LogP contribution is -2.06. The van der Waals surface area contributed by atoms with Gasteiger partial charge in [-0.3, -0.25) is 4.79 Å². The van der Waals surface area contributed by atoms with Crippen LogP contribution < -0.4 is 0 Å². The van der Waals surface area contributed by atoms with Gasteiger partial charge in [0.05, 0.1) is 14.9 Å². The highest BCUT2D eigenvalue weighted by Crippen LogP contribution is 2.40. The molecule has 11 heteroatoms. The van der Waals surface area contributed by atoms with Crippen LogP contribution in [0.5, 0.6) is 0 Å². The number of carbonyl (C=O) groups excluding carboxylic acids is 1. The van der Waals surface area contributed by atoms with E-state index >= 15 is 0 Å². The van der Waals surface area contributed by atoms with Crippen molar-refractivity contribution in [3.63, 3.8) is 0 Å². The van der Waals surface area contributed by atoms with Crippen LogP contribution in [0.3, 0.4) is 0 Å². The van der Waals surface area contributed by atoms with E-state index in [2.05, 4.69) is 0 Å². The normalized spacial score (nSPS) is 11.2. The molecule has 0 spiro atoms. The molecule has 49 heavy (non-hydrogen) atoms. The van der Waals surface area contributed by atoms with Crippen molar-refractivity contribution in [2.45, 2.75) is 36.3 Å². The van der Waals surface area contributed by atoms with Gasteiger partial charge < -0.3 is 4.55 Å². The monoisotopic (exact) mass is 750 g/mol. The van der Waals surface area contributed by atoms with Crippen molar-refractivity contribution < 1.29 is 26.5 Å². The predicted octanol–water partition coefficient (Wildman–Crippen LogP) is 10.6. The first-order chi connectivity index (χ1) is 23.4. The largest absolute Gasteiger partial charge is 0.744 e. The summed E-state index contributed by atoms with van der Waals surface area (Å²) in [6.45, 7) is 1.82. The maximum Gasteiger partial charge on any atom is 0.193 e. The summed E-state index contributed by atoms with van der Waals surface area (Å²) in [6.07, 6.45) is 0. The number of rotatable bonds is 8. The average Bonchev–Trinajstić information content (AvgIpc) is 3.08. The smallest absolute Gasteiger partial charge is 0.193 e. The summed E-state index contributed by atoms with van der Waals surface area (Å²) in [5.74, 6) is -0.754. The summed E-state index contributed by atoms with van der Waals surface area (Å²) in [4.78, 5) is 16.8. The van der Waals surface area contributed by atoms with Crippen LogP contribution >= 0.6 is 35.0 Å². The zero-order chi connectivity index (χ0) is 35.1. The van der Waals surface area contributed by atoms with Crippen molar-refractivity contribution in [2.24, 2.45) is 0 Å². The summed E-state index contributed by atoms with van der Waals surface area (Å²) in [5, 5.41) is 0.994. The van der Waals surface area contributed by atoms with Crippen molar-refractivity contribution in [3.05, 3.63) is 178 Å². The Kier molecular flexibility index (Phi) is 12.0. The number of halogens is 4. The standard InChI is InChI=1S/C31H19Cl2F2OS2.C7H8O3S/c32-27-18-21(31(36)20-4-2-1-3-5-20)6-16-29(27)37-24-11-17-30(28(33)19-24)38(25-12-7-22(34)8-13-25)26-14-9-23(35)10-15-26;1-6-2-4-7(5-3-6)11(8,9)10/h1-19H;2-5H,1H3,(H,8,9,10)/q+1;/p-1. The lowest BCUT2D eigenvalue weighted by atomic mass is 10.0. The molecule has 0 aliphatic carbocycles. The van der Waals surface area contributed by atoms with Crippen LogP contribution in [0.2, 0.25) is 10.0 Å². The van der Waals surface area contributed by atoms with Gasteiger partial charge in [-0.2, -0.15) is 0 Å². The molecule has 4 nitrogen and oxygen atoms in total. The Morgan fingerprint density at radius 3 is 1.76 bits per heavy atom. The molecule has 0 saturated carbocycles. The van der Waals surface area contributed by atoms with Gasteiger partial charge in [0, 0.05) is 20.9 Å². The van der Waals surface area contributed by atoms with E-state index in [9.17, 15) is 26.5 Å². The fraction of sp³-hybridized carbons (Fsp3) is 0.0263. The highest BCUT2D eigenvalue weighted by molar-refractivity contribution is 7.99. The molecule has 6 aromatic carbocycles. The molecule has 248 valence electrons. The Hall–Kier alpha value is -3.96. The lowest BCUT2D eigenvalue weighted by molar-refractivity contribution is 0.103. The third-order valence-electron chi connectivity index (χ3n) is 6.99. The van der Waals surface area contributed by atoms with E-state index in [0.717, 1.165) is 30.0 Å². The van der Waals surface area contributed by atoms with Crippen LogP contribution in [-0.4, -0.2) is 18.8 Å². The van der Waals surface area contributed by atoms with Gasteiger partial charge in [0.25, 0.3) is 0 Å². The Labute approximate surface area is 300 Å². The van der Waals surface area contributed by atoms with E-state index in [-0.39, 0.29) is 22.3 Å². The highest BCUT2D eigenvalue weighted by Gasteiger charge is 2.31. The summed E-state index contributed by atoms with van der Waals surface area (Å²) in [7, 11) is -4.94. The van der Waals surface area contributed by atoms with Gasteiger partial charge in [-0.15, -0.1) is 0 Å². The Morgan fingerprint density at radius 2 is 1.24 bits per heavy atom. The third-order valence-corrected chi connectivity index (χ3v) is 12.0. The second-order valence-corrected chi connectivity index (χ2v) is 15.8. The molecule has 0 unspecified atom stereocenters. The summed E-state index contributed by atoms with van der Waals surface area (Å²) in [5.41, 5.74) is 2.04. The Balaban J connectivity index is 0.000000363. The van der Waals surface area contributed by atoms with Gasteiger partial charge in [0.15, 0.2) is 20.5 Å². The molecule has 6 rings (SSSR count). The van der Waals surface area contributed by atoms with Crippen LogP contribution in [0.4, 0.5) is 8.78 Å². The number of carbonyl (C=O) groups is 1. The van der Waals surface area contributed by atoms with Crippen molar-refractivity contribution in [2.75, 3.05) is 0 Å². The third kappa shape index (κ3) is 9.60. The number of benzene rings is 6. The topological polar surface area (TPSA) is 74.3 Å². The molecular formula is C38H26Cl2F2O4S3. The quantitative estimate of drug-likeness (QED) is 0.0880. The predicted molar refractivity (Wildman–Crippen MR) is 191 cm³/mol. The molecule has 0 saturated heterocycles. The number of hydrogen-bond donors (Lipinski definition) is 0. The zero-order valence-electron chi connectivity index (χ0n) is 25.6. The minimum Gasteiger partial charge on any atom is -0.744 e. The minimum atomic E-state index is -4.27. The van der Waals surface area contributed by atoms with E-state index in [1.807, 2.05) is 49.4 Å². The molecule has 0 bridgehead atoms. The van der Waals surface area contributed by atoms with Crippen LogP contribution in [0, 0.1) is 18.6 Å². The summed E-state index contributed by atoms with van der Waals surface area (Å²) in [6, 6.07) is 38.3. The molecule has 0 fully saturated rings. The first-order valence-electron chi connectivity index (χ1n) is 14.5. The maximum absolute atomic E-state index is 13.6. The number of ketones is 1. The van der Waals surface area contributed by atoms with Crippen LogP contribution in [-0.2, 0) is 21.0 Å². The molecule has 0 N–H and O–H groups in total. The van der Waals surface area contributed by atoms with Crippen molar-refractivity contribution in [1.29, 1.82) is 0 Å². The molecule has 0 aromatic heterocycles. The second-order valence-electron chi connectivity index (χ2n) is 10.5. The Bertz CT molecular complexity index is 2140. The lowest BCUT2D eigenvalue weighted by Gasteiger charge is -2.11. The SMILES string of the molecule is Cc1ccc(S(=O)(=O)[O-])cc1.O=C(c1ccccc1)c1ccc(Sc2ccc([S+](c3ccc(F)cc3)c3ccc(F)cc3)c(Cl)c2)c(Cl)c1. The molecule has 0 heterocycles. The number of hydrogen-bond acceptors (Lipinski definition) is 5. The van der Waals surface area contributed by atoms with Crippen molar-refractivity contribution in [1.82, 2.24) is 0 Å². The van der Waals surface area contributed by atoms with E-state index in [1.54, 1.807) is 60.7 Å². The molecular weight excluding hydrogens is 726 g/mol. The van der Waals surface area contributed by atoms with Gasteiger partial charge >= 0.3 is 0 Å². The minimum absolute atomic E-state index is 0.0925. The van der Waals surface area contributed by atoms with Gasteiger partial charge in [0.2, 0.25) is 0 Å². The Morgan fingerprint density at radius 1 is 0.673 bits per heavy atom. The van der Waals surface area contributed by atoms with Gasteiger partial charge in [-0.05, 0) is 104 Å². The fourth-order valence-electron chi connectivity index (χ4n) is 4.55. The highest BCUT2D eigenvalue weighted by atomic mass is 35.5. The van der Waals surface area contributed by atoms with Gasteiger partial charge in [-0.1, -0.05) is 83.0 Å². The second kappa shape index (κ2) is 16.2. The van der Waals surface area contributed by atoms with Gasteiger partial charge in [0.1, 0.15) is 32.6 Å². The molecule has 0 aliphatic rings. The summed E-state index contributed by atoms with van der Waals surface area (Å²) >= 11 is 14.8. The zero-order valence-corrected chi connectivity index (χ0v) is 29.6. The van der Waals surface area contributed by atoms with Crippen LogP contribution in [0.15, 0.2) is 169 Å². The van der Waals surface area contributed by atoms with Crippen LogP contribution in [0.25, 0.3) is 0 Å². The molecule has 0 aliphatic heterocycles. The van der Waals surface area contributed by atoms with Crippen molar-refractivity contribution >= 4 is 61.8 Å². The number of aryl methyl sites for hydroxylation is 1. The molecule has 0 atom stereocenters. The van der Waals surface area contributed by atoms with E-state index in [4.69, 9.17) is 23.2 Å². The van der Waals surface area contributed by atoms with E-state index in [1.165, 1.54) is 48.2 Å². The first-order valence-corrected chi connectivity index (χ1v) is 18.7. The van der Waals surface area contributed by atoms with E-state index in [0.29, 0.717) is 21.2 Å². The fourth-order valence-corrected chi connectivity index (χ4v) is 8.71. The van der Waals surface area contributed by atoms with E-state index < -0.39 is 21.0 Å². The van der Waals surface area contributed by atoms with Gasteiger partial charge in [-0.25, -0.2) is 17.2 Å². The summed E-state index contributed by atoms with van der Waals surface area (Å²) < 4.78 is 58.4. The molecule has 0 radical (unpaired) electrons. The first kappa shape index (κ1) is 36.3. The van der Waals surface area contributed by atoms with Crippen molar-refractivity contribution in [3.8, 4) is 0 Å². The average molecular weight is 752 g/mol. The molecule has 6 aromatic rings.